The molecular formula is C22H24N4O3. The lowest BCUT2D eigenvalue weighted by molar-refractivity contribution is 0.0593. The van der Waals surface area contributed by atoms with Crippen LogP contribution in [0.25, 0.3) is 5.69 Å². The Bertz CT molecular complexity index is 987. The van der Waals surface area contributed by atoms with Crippen LogP contribution in [0, 0.1) is 0 Å². The summed E-state index contributed by atoms with van der Waals surface area (Å²) < 4.78 is 12.8. The molecule has 2 heterocycles. The highest BCUT2D eigenvalue weighted by molar-refractivity contribution is 5.98. The second-order valence-corrected chi connectivity index (χ2v) is 6.95. The van der Waals surface area contributed by atoms with Gasteiger partial charge in [-0.15, -0.1) is 10.2 Å². The van der Waals surface area contributed by atoms with Crippen molar-refractivity contribution in [3.63, 3.8) is 0 Å². The average molecular weight is 392 g/mol. The molecule has 1 amide bonds. The number of amides is 1. The van der Waals surface area contributed by atoms with Crippen LogP contribution >= 0.6 is 0 Å². The molecule has 4 rings (SSSR count). The Morgan fingerprint density at radius 2 is 1.86 bits per heavy atom. The Kier molecular flexibility index (Phi) is 5.46. The highest BCUT2D eigenvalue weighted by Gasteiger charge is 2.33. The van der Waals surface area contributed by atoms with Gasteiger partial charge in [0.1, 0.15) is 6.33 Å². The van der Waals surface area contributed by atoms with Gasteiger partial charge in [0.05, 0.1) is 25.8 Å². The van der Waals surface area contributed by atoms with Gasteiger partial charge in [0.2, 0.25) is 0 Å². The summed E-state index contributed by atoms with van der Waals surface area (Å²) in [6, 6.07) is 15.1. The minimum atomic E-state index is -0.158. The number of likely N-dealkylation sites (tertiary alicyclic amines) is 1. The molecule has 2 aromatic carbocycles. The topological polar surface area (TPSA) is 69.5 Å². The van der Waals surface area contributed by atoms with Gasteiger partial charge >= 0.3 is 0 Å². The Morgan fingerprint density at radius 3 is 2.62 bits per heavy atom. The zero-order valence-electron chi connectivity index (χ0n) is 16.6. The van der Waals surface area contributed by atoms with Crippen molar-refractivity contribution in [2.75, 3.05) is 20.8 Å². The minimum absolute atomic E-state index is 0.0898. The highest BCUT2D eigenvalue weighted by atomic mass is 16.5. The van der Waals surface area contributed by atoms with E-state index in [0.29, 0.717) is 23.6 Å². The SMILES string of the molecule is COc1cccc(C(=O)N2CCCCC2c2nncn2-c2ccccc2)c1OC. The molecule has 0 spiro atoms. The maximum Gasteiger partial charge on any atom is 0.258 e. The Hall–Kier alpha value is -3.35. The van der Waals surface area contributed by atoms with Gasteiger partial charge in [0.25, 0.3) is 5.91 Å². The maximum atomic E-state index is 13.5. The number of piperidine rings is 1. The maximum absolute atomic E-state index is 13.5. The minimum Gasteiger partial charge on any atom is -0.493 e. The van der Waals surface area contributed by atoms with Gasteiger partial charge in [-0.1, -0.05) is 24.3 Å². The molecule has 1 unspecified atom stereocenters. The van der Waals surface area contributed by atoms with Crippen LogP contribution in [-0.2, 0) is 0 Å². The van der Waals surface area contributed by atoms with E-state index in [1.165, 1.54) is 0 Å². The monoisotopic (exact) mass is 392 g/mol. The summed E-state index contributed by atoms with van der Waals surface area (Å²) in [7, 11) is 3.12. The molecule has 1 saturated heterocycles. The molecule has 1 aromatic heterocycles. The number of aromatic nitrogens is 3. The second kappa shape index (κ2) is 8.34. The van der Waals surface area contributed by atoms with Gasteiger partial charge in [0, 0.05) is 12.2 Å². The van der Waals surface area contributed by atoms with Gasteiger partial charge in [-0.3, -0.25) is 9.36 Å². The molecule has 1 aliphatic heterocycles. The first-order valence-corrected chi connectivity index (χ1v) is 9.72. The Labute approximate surface area is 169 Å². The van der Waals surface area contributed by atoms with E-state index in [2.05, 4.69) is 10.2 Å². The summed E-state index contributed by atoms with van der Waals surface area (Å²) in [6.07, 6.45) is 4.52. The molecule has 1 fully saturated rings. The van der Waals surface area contributed by atoms with Gasteiger partial charge in [0.15, 0.2) is 17.3 Å². The quantitative estimate of drug-likeness (QED) is 0.663. The van der Waals surface area contributed by atoms with Gasteiger partial charge in [-0.05, 0) is 43.5 Å². The lowest BCUT2D eigenvalue weighted by Gasteiger charge is -2.35. The predicted molar refractivity (Wildman–Crippen MR) is 109 cm³/mol. The molecule has 0 aliphatic carbocycles. The number of hydrogen-bond acceptors (Lipinski definition) is 5. The van der Waals surface area contributed by atoms with E-state index in [0.717, 1.165) is 30.8 Å². The molecule has 0 N–H and O–H groups in total. The standard InChI is InChI=1S/C22H24N4O3/c1-28-19-13-8-11-17(20(19)29-2)22(27)25-14-7-6-12-18(25)21-24-23-15-26(21)16-9-4-3-5-10-16/h3-5,8-11,13,15,18H,6-7,12,14H2,1-2H3. The molecule has 1 aliphatic rings. The third-order valence-electron chi connectivity index (χ3n) is 5.30. The number of carbonyl (C=O) groups is 1. The largest absolute Gasteiger partial charge is 0.493 e. The summed E-state index contributed by atoms with van der Waals surface area (Å²) in [5.41, 5.74) is 1.47. The summed E-state index contributed by atoms with van der Waals surface area (Å²) in [5, 5.41) is 8.51. The zero-order chi connectivity index (χ0) is 20.2. The fraction of sp³-hybridized carbons (Fsp3) is 0.318. The fourth-order valence-corrected chi connectivity index (χ4v) is 3.91. The normalized spacial score (nSPS) is 16.5. The summed E-state index contributed by atoms with van der Waals surface area (Å²) >= 11 is 0. The molecule has 0 saturated carbocycles. The van der Waals surface area contributed by atoms with E-state index in [1.54, 1.807) is 38.7 Å². The second-order valence-electron chi connectivity index (χ2n) is 6.95. The van der Waals surface area contributed by atoms with Crippen molar-refractivity contribution in [2.45, 2.75) is 25.3 Å². The number of para-hydroxylation sites is 2. The molecule has 7 heteroatoms. The number of methoxy groups -OCH3 is 2. The summed E-state index contributed by atoms with van der Waals surface area (Å²) in [4.78, 5) is 15.4. The van der Waals surface area contributed by atoms with Gasteiger partial charge < -0.3 is 14.4 Å². The molecule has 0 radical (unpaired) electrons. The van der Waals surface area contributed by atoms with Crippen molar-refractivity contribution in [3.05, 3.63) is 66.2 Å². The molecule has 1 atom stereocenters. The third kappa shape index (κ3) is 3.55. The van der Waals surface area contributed by atoms with Crippen LogP contribution in [0.1, 0.15) is 41.5 Å². The summed E-state index contributed by atoms with van der Waals surface area (Å²) in [5.74, 6) is 1.67. The Morgan fingerprint density at radius 1 is 1.03 bits per heavy atom. The average Bonchev–Trinajstić information content (AvgIpc) is 3.28. The zero-order valence-corrected chi connectivity index (χ0v) is 16.6. The van der Waals surface area contributed by atoms with Crippen molar-refractivity contribution in [1.29, 1.82) is 0 Å². The molecule has 150 valence electrons. The van der Waals surface area contributed by atoms with Crippen LogP contribution < -0.4 is 9.47 Å². The van der Waals surface area contributed by atoms with E-state index < -0.39 is 0 Å². The van der Waals surface area contributed by atoms with Crippen LogP contribution in [0.5, 0.6) is 11.5 Å². The van der Waals surface area contributed by atoms with E-state index in [9.17, 15) is 4.79 Å². The number of benzene rings is 2. The lowest BCUT2D eigenvalue weighted by Crippen LogP contribution is -2.39. The van der Waals surface area contributed by atoms with Crippen LogP contribution in [0.2, 0.25) is 0 Å². The van der Waals surface area contributed by atoms with Crippen molar-refractivity contribution < 1.29 is 14.3 Å². The van der Waals surface area contributed by atoms with Crippen LogP contribution in [0.3, 0.4) is 0 Å². The number of ether oxygens (including phenoxy) is 2. The third-order valence-corrected chi connectivity index (χ3v) is 5.30. The summed E-state index contributed by atoms with van der Waals surface area (Å²) in [6.45, 7) is 0.658. The van der Waals surface area contributed by atoms with E-state index >= 15 is 0 Å². The van der Waals surface area contributed by atoms with Crippen LogP contribution in [0.15, 0.2) is 54.9 Å². The number of carbonyl (C=O) groups excluding carboxylic acids is 1. The molecule has 7 nitrogen and oxygen atoms in total. The Balaban J connectivity index is 1.72. The van der Waals surface area contributed by atoms with Crippen molar-refractivity contribution in [3.8, 4) is 17.2 Å². The first kappa shape index (κ1) is 19.0. The van der Waals surface area contributed by atoms with Crippen LogP contribution in [-0.4, -0.2) is 46.3 Å². The highest BCUT2D eigenvalue weighted by Crippen LogP contribution is 2.36. The van der Waals surface area contributed by atoms with E-state index in [-0.39, 0.29) is 11.9 Å². The number of nitrogens with zero attached hydrogens (tertiary/aromatic N) is 4. The number of hydrogen-bond donors (Lipinski definition) is 0. The van der Waals surface area contributed by atoms with Crippen molar-refractivity contribution >= 4 is 5.91 Å². The van der Waals surface area contributed by atoms with Crippen molar-refractivity contribution in [1.82, 2.24) is 19.7 Å². The molecule has 0 bridgehead atoms. The first-order chi connectivity index (χ1) is 14.2. The van der Waals surface area contributed by atoms with Gasteiger partial charge in [-0.25, -0.2) is 0 Å². The fourth-order valence-electron chi connectivity index (χ4n) is 3.91. The molecule has 3 aromatic rings. The predicted octanol–water partition coefficient (Wildman–Crippen LogP) is 3.65. The van der Waals surface area contributed by atoms with Crippen molar-refractivity contribution in [2.24, 2.45) is 0 Å². The van der Waals surface area contributed by atoms with E-state index in [4.69, 9.17) is 9.47 Å². The van der Waals surface area contributed by atoms with Crippen LogP contribution in [0.4, 0.5) is 0 Å². The number of rotatable bonds is 5. The molecule has 29 heavy (non-hydrogen) atoms. The van der Waals surface area contributed by atoms with E-state index in [1.807, 2.05) is 39.8 Å². The lowest BCUT2D eigenvalue weighted by atomic mass is 9.99. The van der Waals surface area contributed by atoms with Gasteiger partial charge in [-0.2, -0.15) is 0 Å². The smallest absolute Gasteiger partial charge is 0.258 e. The first-order valence-electron chi connectivity index (χ1n) is 9.72. The molecular weight excluding hydrogens is 368 g/mol.